The standard InChI is InChI=1S/C14H12N2O3/c1-18-11-7-8-6-10(14(17)19-2)16-12(8)9-4-3-5-15-13(9)11/h3-7,16H,1-2H3. The van der Waals surface area contributed by atoms with Crippen LogP contribution in [0.25, 0.3) is 21.8 Å². The number of hydrogen-bond acceptors (Lipinski definition) is 4. The summed E-state index contributed by atoms with van der Waals surface area (Å²) in [5.41, 5.74) is 2.02. The van der Waals surface area contributed by atoms with Crippen LogP contribution < -0.4 is 4.74 Å². The number of aromatic amines is 1. The highest BCUT2D eigenvalue weighted by Gasteiger charge is 2.14. The predicted octanol–water partition coefficient (Wildman–Crippen LogP) is 2.51. The van der Waals surface area contributed by atoms with Gasteiger partial charge in [0.15, 0.2) is 0 Å². The zero-order valence-corrected chi connectivity index (χ0v) is 10.6. The molecule has 1 N–H and O–H groups in total. The number of carbonyl (C=O) groups excluding carboxylic acids is 1. The number of aromatic nitrogens is 2. The number of ether oxygens (including phenoxy) is 2. The number of nitrogens with one attached hydrogen (secondary N) is 1. The maximum absolute atomic E-state index is 11.6. The Morgan fingerprint density at radius 1 is 1.32 bits per heavy atom. The van der Waals surface area contributed by atoms with Crippen molar-refractivity contribution in [3.63, 3.8) is 0 Å². The van der Waals surface area contributed by atoms with E-state index >= 15 is 0 Å². The highest BCUT2D eigenvalue weighted by molar-refractivity contribution is 6.09. The van der Waals surface area contributed by atoms with Gasteiger partial charge in [-0.3, -0.25) is 4.98 Å². The first-order valence-electron chi connectivity index (χ1n) is 5.77. The highest BCUT2D eigenvalue weighted by atomic mass is 16.5. The number of benzene rings is 1. The minimum Gasteiger partial charge on any atom is -0.494 e. The summed E-state index contributed by atoms with van der Waals surface area (Å²) < 4.78 is 10.1. The van der Waals surface area contributed by atoms with Gasteiger partial charge in [0.1, 0.15) is 17.0 Å². The lowest BCUT2D eigenvalue weighted by Crippen LogP contribution is -2.00. The molecule has 0 bridgehead atoms. The van der Waals surface area contributed by atoms with Gasteiger partial charge in [0, 0.05) is 17.0 Å². The van der Waals surface area contributed by atoms with Crippen molar-refractivity contribution in [3.8, 4) is 5.75 Å². The third-order valence-electron chi connectivity index (χ3n) is 3.07. The molecule has 5 heteroatoms. The summed E-state index contributed by atoms with van der Waals surface area (Å²) in [4.78, 5) is 19.0. The van der Waals surface area contributed by atoms with E-state index in [0.717, 1.165) is 21.8 Å². The minimum absolute atomic E-state index is 0.396. The normalized spacial score (nSPS) is 10.8. The molecule has 0 spiro atoms. The maximum atomic E-state index is 11.6. The molecule has 0 aliphatic heterocycles. The van der Waals surface area contributed by atoms with E-state index in [-0.39, 0.29) is 0 Å². The van der Waals surface area contributed by atoms with Crippen molar-refractivity contribution < 1.29 is 14.3 Å². The molecule has 0 aliphatic carbocycles. The number of hydrogen-bond donors (Lipinski definition) is 1. The first-order chi connectivity index (χ1) is 9.24. The SMILES string of the molecule is COC(=O)c1cc2cc(OC)c3ncccc3c2[nH]1. The lowest BCUT2D eigenvalue weighted by atomic mass is 10.1. The molecule has 0 aliphatic rings. The van der Waals surface area contributed by atoms with E-state index in [1.807, 2.05) is 18.2 Å². The third-order valence-corrected chi connectivity index (χ3v) is 3.07. The van der Waals surface area contributed by atoms with Gasteiger partial charge in [-0.05, 0) is 24.3 Å². The molecular formula is C14H12N2O3. The Labute approximate surface area is 109 Å². The second kappa shape index (κ2) is 4.28. The number of H-pyrrole nitrogens is 1. The Morgan fingerprint density at radius 3 is 2.89 bits per heavy atom. The van der Waals surface area contributed by atoms with E-state index in [4.69, 9.17) is 9.47 Å². The topological polar surface area (TPSA) is 64.2 Å². The molecule has 3 rings (SSSR count). The average molecular weight is 256 g/mol. The summed E-state index contributed by atoms with van der Waals surface area (Å²) in [5.74, 6) is 0.283. The van der Waals surface area contributed by atoms with Crippen LogP contribution in [0, 0.1) is 0 Å². The fourth-order valence-corrected chi connectivity index (χ4v) is 2.20. The molecule has 2 aromatic heterocycles. The molecule has 0 fully saturated rings. The largest absolute Gasteiger partial charge is 0.494 e. The molecule has 0 radical (unpaired) electrons. The van der Waals surface area contributed by atoms with Crippen LogP contribution in [-0.2, 0) is 4.74 Å². The van der Waals surface area contributed by atoms with Crippen molar-refractivity contribution in [3.05, 3.63) is 36.2 Å². The van der Waals surface area contributed by atoms with Gasteiger partial charge >= 0.3 is 5.97 Å². The van der Waals surface area contributed by atoms with Gasteiger partial charge in [-0.1, -0.05) is 0 Å². The van der Waals surface area contributed by atoms with Crippen LogP contribution in [0.15, 0.2) is 30.5 Å². The Hall–Kier alpha value is -2.56. The molecule has 0 saturated carbocycles. The molecule has 0 saturated heterocycles. The van der Waals surface area contributed by atoms with E-state index < -0.39 is 5.97 Å². The van der Waals surface area contributed by atoms with Gasteiger partial charge in [0.2, 0.25) is 0 Å². The van der Waals surface area contributed by atoms with Gasteiger partial charge < -0.3 is 14.5 Å². The van der Waals surface area contributed by atoms with Gasteiger partial charge in [-0.2, -0.15) is 0 Å². The van der Waals surface area contributed by atoms with Crippen LogP contribution in [0.2, 0.25) is 0 Å². The van der Waals surface area contributed by atoms with Crippen LogP contribution in [0.4, 0.5) is 0 Å². The van der Waals surface area contributed by atoms with Crippen LogP contribution in [0.3, 0.4) is 0 Å². The smallest absolute Gasteiger partial charge is 0.354 e. The van der Waals surface area contributed by atoms with Crippen molar-refractivity contribution in [2.75, 3.05) is 14.2 Å². The number of methoxy groups -OCH3 is 2. The zero-order chi connectivity index (χ0) is 13.4. The Balaban J connectivity index is 2.38. The molecule has 0 amide bonds. The van der Waals surface area contributed by atoms with Crippen molar-refractivity contribution >= 4 is 27.8 Å². The molecule has 0 unspecified atom stereocenters. The fourth-order valence-electron chi connectivity index (χ4n) is 2.20. The number of fused-ring (bicyclic) bond motifs is 3. The monoisotopic (exact) mass is 256 g/mol. The lowest BCUT2D eigenvalue weighted by Gasteiger charge is -2.05. The number of carbonyl (C=O) groups is 1. The molecule has 96 valence electrons. The number of rotatable bonds is 2. The van der Waals surface area contributed by atoms with E-state index in [1.165, 1.54) is 7.11 Å². The molecule has 1 aromatic carbocycles. The number of nitrogens with zero attached hydrogens (tertiary/aromatic N) is 1. The van der Waals surface area contributed by atoms with Crippen LogP contribution >= 0.6 is 0 Å². The van der Waals surface area contributed by atoms with Crippen molar-refractivity contribution in [2.45, 2.75) is 0 Å². The quantitative estimate of drug-likeness (QED) is 0.715. The molecular weight excluding hydrogens is 244 g/mol. The summed E-state index contributed by atoms with van der Waals surface area (Å²) >= 11 is 0. The summed E-state index contributed by atoms with van der Waals surface area (Å²) in [6.45, 7) is 0. The second-order valence-electron chi connectivity index (χ2n) is 4.12. The van der Waals surface area contributed by atoms with Crippen LogP contribution in [0.1, 0.15) is 10.5 Å². The van der Waals surface area contributed by atoms with Gasteiger partial charge in [-0.25, -0.2) is 4.79 Å². The molecule has 19 heavy (non-hydrogen) atoms. The van der Waals surface area contributed by atoms with Crippen molar-refractivity contribution in [2.24, 2.45) is 0 Å². The van der Waals surface area contributed by atoms with Gasteiger partial charge in [0.25, 0.3) is 0 Å². The predicted molar refractivity (Wildman–Crippen MR) is 71.5 cm³/mol. The first kappa shape index (κ1) is 11.5. The number of pyridine rings is 1. The van der Waals surface area contributed by atoms with Crippen molar-refractivity contribution in [1.82, 2.24) is 9.97 Å². The van der Waals surface area contributed by atoms with E-state index in [1.54, 1.807) is 19.4 Å². The first-order valence-corrected chi connectivity index (χ1v) is 5.77. The lowest BCUT2D eigenvalue weighted by molar-refractivity contribution is 0.0595. The summed E-state index contributed by atoms with van der Waals surface area (Å²) in [7, 11) is 2.96. The number of esters is 1. The molecule has 2 heterocycles. The zero-order valence-electron chi connectivity index (χ0n) is 10.6. The van der Waals surface area contributed by atoms with E-state index in [0.29, 0.717) is 11.4 Å². The summed E-state index contributed by atoms with van der Waals surface area (Å²) in [5, 5.41) is 1.80. The van der Waals surface area contributed by atoms with Gasteiger partial charge in [0.05, 0.1) is 19.7 Å². The summed E-state index contributed by atoms with van der Waals surface area (Å²) in [6, 6.07) is 7.38. The Morgan fingerprint density at radius 2 is 2.16 bits per heavy atom. The third kappa shape index (κ3) is 1.71. The maximum Gasteiger partial charge on any atom is 0.354 e. The van der Waals surface area contributed by atoms with Crippen LogP contribution in [0.5, 0.6) is 5.75 Å². The highest BCUT2D eigenvalue weighted by Crippen LogP contribution is 2.32. The van der Waals surface area contributed by atoms with Gasteiger partial charge in [-0.15, -0.1) is 0 Å². The molecule has 3 aromatic rings. The van der Waals surface area contributed by atoms with E-state index in [9.17, 15) is 4.79 Å². The molecule has 0 atom stereocenters. The minimum atomic E-state index is -0.396. The fraction of sp³-hybridized carbons (Fsp3) is 0.143. The van der Waals surface area contributed by atoms with Crippen LogP contribution in [-0.4, -0.2) is 30.2 Å². The molecule has 5 nitrogen and oxygen atoms in total. The van der Waals surface area contributed by atoms with E-state index in [2.05, 4.69) is 9.97 Å². The second-order valence-corrected chi connectivity index (χ2v) is 4.12. The average Bonchev–Trinajstić information content (AvgIpc) is 2.89. The summed E-state index contributed by atoms with van der Waals surface area (Å²) in [6.07, 6.45) is 1.71. The Bertz CT molecular complexity index is 777. The Kier molecular flexibility index (Phi) is 2.59. The van der Waals surface area contributed by atoms with Crippen molar-refractivity contribution in [1.29, 1.82) is 0 Å².